The van der Waals surface area contributed by atoms with E-state index in [0.29, 0.717) is 10.6 Å². The van der Waals surface area contributed by atoms with Crippen molar-refractivity contribution in [1.29, 1.82) is 0 Å². The lowest BCUT2D eigenvalue weighted by Gasteiger charge is -2.10. The molecule has 0 spiro atoms. The van der Waals surface area contributed by atoms with Crippen LogP contribution in [-0.2, 0) is 9.53 Å². The molecule has 0 radical (unpaired) electrons. The largest absolute Gasteiger partial charge is 0.492 e. The van der Waals surface area contributed by atoms with Gasteiger partial charge in [-0.3, -0.25) is 0 Å². The van der Waals surface area contributed by atoms with E-state index in [9.17, 15) is 9.18 Å². The van der Waals surface area contributed by atoms with Crippen molar-refractivity contribution in [2.75, 3.05) is 7.11 Å². The Morgan fingerprint density at radius 2 is 2.09 bits per heavy atom. The van der Waals surface area contributed by atoms with Crippen LogP contribution >= 0.6 is 11.6 Å². The summed E-state index contributed by atoms with van der Waals surface area (Å²) < 4.78 is 18.8. The SMILES string of the molecule is C=C(C(=O)O)/C(OC)=C(N)\N=C(/C)c1cc(C)c(Cl)cc1F. The summed E-state index contributed by atoms with van der Waals surface area (Å²) in [6, 6.07) is 2.71. The highest BCUT2D eigenvalue weighted by atomic mass is 35.5. The molecule has 0 aliphatic rings. The number of carboxylic acids is 1. The van der Waals surface area contributed by atoms with Gasteiger partial charge in [-0.15, -0.1) is 0 Å². The molecule has 0 saturated carbocycles. The smallest absolute Gasteiger partial charge is 0.339 e. The van der Waals surface area contributed by atoms with E-state index in [2.05, 4.69) is 11.6 Å². The number of nitrogens with two attached hydrogens (primary N) is 1. The molecule has 5 nitrogen and oxygen atoms in total. The summed E-state index contributed by atoms with van der Waals surface area (Å²) in [6.07, 6.45) is 0. The van der Waals surface area contributed by atoms with Crippen LogP contribution in [0.5, 0.6) is 0 Å². The van der Waals surface area contributed by atoms with Gasteiger partial charge in [0.15, 0.2) is 11.6 Å². The molecular formula is C15H16ClFN2O3. The Balaban J connectivity index is 3.34. The molecule has 22 heavy (non-hydrogen) atoms. The van der Waals surface area contributed by atoms with Gasteiger partial charge in [-0.05, 0) is 31.5 Å². The third-order valence-electron chi connectivity index (χ3n) is 2.90. The second kappa shape index (κ2) is 7.09. The highest BCUT2D eigenvalue weighted by molar-refractivity contribution is 6.31. The fourth-order valence-corrected chi connectivity index (χ4v) is 1.86. The molecule has 7 heteroatoms. The predicted molar refractivity (Wildman–Crippen MR) is 83.4 cm³/mol. The summed E-state index contributed by atoms with van der Waals surface area (Å²) in [6.45, 7) is 6.61. The average Bonchev–Trinajstić information content (AvgIpc) is 2.43. The molecule has 0 atom stereocenters. The second-order valence-electron chi connectivity index (χ2n) is 4.48. The van der Waals surface area contributed by atoms with Gasteiger partial charge in [0, 0.05) is 10.6 Å². The first kappa shape index (κ1) is 17.7. The number of rotatable bonds is 5. The summed E-state index contributed by atoms with van der Waals surface area (Å²) in [5.41, 5.74) is 6.51. The van der Waals surface area contributed by atoms with Crippen molar-refractivity contribution in [3.63, 3.8) is 0 Å². The molecule has 1 aromatic rings. The van der Waals surface area contributed by atoms with E-state index in [1.165, 1.54) is 26.2 Å². The quantitative estimate of drug-likeness (QED) is 0.377. The summed E-state index contributed by atoms with van der Waals surface area (Å²) in [5, 5.41) is 9.20. The molecule has 1 rings (SSSR count). The third-order valence-corrected chi connectivity index (χ3v) is 3.30. The number of aliphatic imine (C=N–C) groups is 1. The number of hydrogen-bond acceptors (Lipinski definition) is 4. The number of methoxy groups -OCH3 is 1. The molecule has 1 aromatic carbocycles. The first-order valence-corrected chi connectivity index (χ1v) is 6.54. The van der Waals surface area contributed by atoms with Crippen molar-refractivity contribution in [3.8, 4) is 0 Å². The molecule has 0 aliphatic heterocycles. The van der Waals surface area contributed by atoms with E-state index in [-0.39, 0.29) is 28.4 Å². The molecule has 3 N–H and O–H groups in total. The van der Waals surface area contributed by atoms with Crippen LogP contribution in [0.4, 0.5) is 4.39 Å². The Labute approximate surface area is 132 Å². The summed E-state index contributed by atoms with van der Waals surface area (Å²) >= 11 is 5.83. The van der Waals surface area contributed by atoms with Crippen molar-refractivity contribution in [2.45, 2.75) is 13.8 Å². The highest BCUT2D eigenvalue weighted by Crippen LogP contribution is 2.21. The zero-order valence-electron chi connectivity index (χ0n) is 12.4. The number of aliphatic carboxylic acids is 1. The van der Waals surface area contributed by atoms with Crippen LogP contribution < -0.4 is 5.73 Å². The number of halogens is 2. The maximum Gasteiger partial charge on any atom is 0.339 e. The lowest BCUT2D eigenvalue weighted by Crippen LogP contribution is -2.12. The number of nitrogens with zero attached hydrogens (tertiary/aromatic N) is 1. The zero-order chi connectivity index (χ0) is 17.0. The van der Waals surface area contributed by atoms with Gasteiger partial charge in [0.05, 0.1) is 18.4 Å². The van der Waals surface area contributed by atoms with Crippen molar-refractivity contribution < 1.29 is 19.0 Å². The van der Waals surface area contributed by atoms with Crippen LogP contribution in [0.1, 0.15) is 18.1 Å². The maximum absolute atomic E-state index is 13.9. The van der Waals surface area contributed by atoms with Crippen LogP contribution in [0.3, 0.4) is 0 Å². The molecule has 0 amide bonds. The van der Waals surface area contributed by atoms with Gasteiger partial charge in [0.1, 0.15) is 5.82 Å². The number of hydrogen-bond donors (Lipinski definition) is 2. The molecular weight excluding hydrogens is 311 g/mol. The van der Waals surface area contributed by atoms with Crippen LogP contribution in [0.15, 0.2) is 40.9 Å². The fraction of sp³-hybridized carbons (Fsp3) is 0.200. The minimum atomic E-state index is -1.29. The Morgan fingerprint density at radius 1 is 1.50 bits per heavy atom. The molecule has 0 fully saturated rings. The standard InChI is InChI=1S/C15H16ClFN2O3/c1-7-5-10(12(17)6-11(7)16)9(3)19-14(18)13(22-4)8(2)15(20)21/h5-6H,2,18H2,1,3-4H3,(H,20,21)/b14-13+,19-9+. The Kier molecular flexibility index (Phi) is 5.70. The van der Waals surface area contributed by atoms with Crippen molar-refractivity contribution >= 4 is 23.3 Å². The molecule has 0 unspecified atom stereocenters. The highest BCUT2D eigenvalue weighted by Gasteiger charge is 2.16. The van der Waals surface area contributed by atoms with Crippen molar-refractivity contribution in [1.82, 2.24) is 0 Å². The Bertz CT molecular complexity index is 696. The normalized spacial score (nSPS) is 12.7. The van der Waals surface area contributed by atoms with Gasteiger partial charge in [-0.1, -0.05) is 18.2 Å². The summed E-state index contributed by atoms with van der Waals surface area (Å²) in [5.74, 6) is -2.24. The molecule has 118 valence electrons. The van der Waals surface area contributed by atoms with E-state index >= 15 is 0 Å². The maximum atomic E-state index is 13.9. The van der Waals surface area contributed by atoms with Gasteiger partial charge < -0.3 is 15.6 Å². The van der Waals surface area contributed by atoms with Crippen LogP contribution in [0.25, 0.3) is 0 Å². The number of aryl methyl sites for hydroxylation is 1. The summed E-state index contributed by atoms with van der Waals surface area (Å²) in [4.78, 5) is 14.9. The van der Waals surface area contributed by atoms with Crippen molar-refractivity contribution in [3.05, 3.63) is 57.8 Å². The summed E-state index contributed by atoms with van der Waals surface area (Å²) in [7, 11) is 1.24. The number of carboxylic acid groups (broad SMARTS) is 1. The fourth-order valence-electron chi connectivity index (χ4n) is 1.71. The lowest BCUT2D eigenvalue weighted by molar-refractivity contribution is -0.132. The molecule has 0 aromatic heterocycles. The molecule has 0 aliphatic carbocycles. The number of benzene rings is 1. The minimum Gasteiger partial charge on any atom is -0.492 e. The van der Waals surface area contributed by atoms with Crippen molar-refractivity contribution in [2.24, 2.45) is 10.7 Å². The van der Waals surface area contributed by atoms with Crippen LogP contribution in [0, 0.1) is 12.7 Å². The molecule has 0 saturated heterocycles. The van der Waals surface area contributed by atoms with Gasteiger partial charge in [0.2, 0.25) is 0 Å². The first-order chi connectivity index (χ1) is 10.2. The first-order valence-electron chi connectivity index (χ1n) is 6.16. The van der Waals surface area contributed by atoms with E-state index in [1.54, 1.807) is 6.92 Å². The van der Waals surface area contributed by atoms with E-state index in [0.717, 1.165) is 0 Å². The van der Waals surface area contributed by atoms with Gasteiger partial charge in [-0.2, -0.15) is 0 Å². The Morgan fingerprint density at radius 3 is 2.59 bits per heavy atom. The zero-order valence-corrected chi connectivity index (χ0v) is 13.2. The lowest BCUT2D eigenvalue weighted by atomic mass is 10.1. The minimum absolute atomic E-state index is 0.182. The monoisotopic (exact) mass is 326 g/mol. The van der Waals surface area contributed by atoms with E-state index in [4.69, 9.17) is 27.2 Å². The molecule has 0 bridgehead atoms. The molecule has 0 heterocycles. The third kappa shape index (κ3) is 3.85. The second-order valence-corrected chi connectivity index (χ2v) is 4.89. The van der Waals surface area contributed by atoms with Gasteiger partial charge >= 0.3 is 5.97 Å². The van der Waals surface area contributed by atoms with Crippen LogP contribution in [-0.4, -0.2) is 23.9 Å². The van der Waals surface area contributed by atoms with Gasteiger partial charge in [-0.25, -0.2) is 14.2 Å². The number of ether oxygens (including phenoxy) is 1. The number of carbonyl (C=O) groups is 1. The topological polar surface area (TPSA) is 84.9 Å². The predicted octanol–water partition coefficient (Wildman–Crippen LogP) is 3.01. The van der Waals surface area contributed by atoms with Crippen LogP contribution in [0.2, 0.25) is 5.02 Å². The van der Waals surface area contributed by atoms with Gasteiger partial charge in [0.25, 0.3) is 0 Å². The van der Waals surface area contributed by atoms with E-state index < -0.39 is 11.8 Å². The Hall–Kier alpha value is -2.34. The average molecular weight is 327 g/mol. The van der Waals surface area contributed by atoms with E-state index in [1.807, 2.05) is 0 Å².